The zero-order chi connectivity index (χ0) is 14.6. The molecule has 3 N–H and O–H groups in total. The van der Waals surface area contributed by atoms with Gasteiger partial charge < -0.3 is 15.7 Å². The Bertz CT molecular complexity index is 316. The third-order valence-electron chi connectivity index (χ3n) is 2.24. The number of aliphatic carboxylic acids is 1. The molecular weight excluding hydrogens is 253 g/mol. The minimum absolute atomic E-state index is 0.180. The molecule has 0 fully saturated rings. The van der Waals surface area contributed by atoms with E-state index in [9.17, 15) is 22.8 Å². The van der Waals surface area contributed by atoms with Crippen LogP contribution in [-0.4, -0.2) is 46.7 Å². The van der Waals surface area contributed by atoms with Crippen molar-refractivity contribution in [2.24, 2.45) is 5.73 Å². The molecule has 0 spiro atoms. The maximum absolute atomic E-state index is 12.3. The van der Waals surface area contributed by atoms with Gasteiger partial charge in [-0.15, -0.1) is 0 Å². The highest BCUT2D eigenvalue weighted by molar-refractivity contribution is 5.88. The molecule has 0 aliphatic carbocycles. The van der Waals surface area contributed by atoms with Crippen LogP contribution in [0.4, 0.5) is 13.2 Å². The molecule has 0 aliphatic heterocycles. The molecule has 0 saturated heterocycles. The first-order valence-electron chi connectivity index (χ1n) is 5.36. The van der Waals surface area contributed by atoms with E-state index in [1.54, 1.807) is 6.92 Å². The molecule has 18 heavy (non-hydrogen) atoms. The first-order valence-corrected chi connectivity index (χ1v) is 5.36. The number of halogens is 3. The minimum Gasteiger partial charge on any atom is -0.480 e. The number of carbonyl (C=O) groups is 2. The SMILES string of the molecule is CCCC(C)(N)C(=O)N(CC(=O)O)CC(F)(F)F. The monoisotopic (exact) mass is 270 g/mol. The number of carbonyl (C=O) groups excluding carboxylic acids is 1. The van der Waals surface area contributed by atoms with Crippen molar-refractivity contribution in [1.29, 1.82) is 0 Å². The second kappa shape index (κ2) is 6.03. The lowest BCUT2D eigenvalue weighted by Gasteiger charge is -2.31. The zero-order valence-electron chi connectivity index (χ0n) is 10.3. The fourth-order valence-electron chi connectivity index (χ4n) is 1.57. The van der Waals surface area contributed by atoms with E-state index in [1.807, 2.05) is 0 Å². The van der Waals surface area contributed by atoms with Crippen molar-refractivity contribution in [2.45, 2.75) is 38.4 Å². The summed E-state index contributed by atoms with van der Waals surface area (Å²) in [6.45, 7) is 0.386. The summed E-state index contributed by atoms with van der Waals surface area (Å²) >= 11 is 0. The van der Waals surface area contributed by atoms with Crippen molar-refractivity contribution < 1.29 is 27.9 Å². The fourth-order valence-corrected chi connectivity index (χ4v) is 1.57. The smallest absolute Gasteiger partial charge is 0.406 e. The number of carboxylic acid groups (broad SMARTS) is 1. The maximum Gasteiger partial charge on any atom is 0.406 e. The quantitative estimate of drug-likeness (QED) is 0.753. The van der Waals surface area contributed by atoms with Crippen LogP contribution in [-0.2, 0) is 9.59 Å². The van der Waals surface area contributed by atoms with Gasteiger partial charge in [-0.1, -0.05) is 13.3 Å². The summed E-state index contributed by atoms with van der Waals surface area (Å²) in [6.07, 6.45) is -3.97. The van der Waals surface area contributed by atoms with E-state index in [0.29, 0.717) is 6.42 Å². The predicted molar refractivity (Wildman–Crippen MR) is 57.8 cm³/mol. The van der Waals surface area contributed by atoms with Gasteiger partial charge in [0.2, 0.25) is 5.91 Å². The van der Waals surface area contributed by atoms with E-state index in [-0.39, 0.29) is 11.3 Å². The van der Waals surface area contributed by atoms with Gasteiger partial charge in [0.15, 0.2) is 0 Å². The van der Waals surface area contributed by atoms with Crippen molar-refractivity contribution in [2.75, 3.05) is 13.1 Å². The van der Waals surface area contributed by atoms with Gasteiger partial charge in [0.25, 0.3) is 0 Å². The van der Waals surface area contributed by atoms with Crippen molar-refractivity contribution in [3.63, 3.8) is 0 Å². The first-order chi connectivity index (χ1) is 7.99. The van der Waals surface area contributed by atoms with E-state index < -0.39 is 36.7 Å². The summed E-state index contributed by atoms with van der Waals surface area (Å²) in [7, 11) is 0. The Morgan fingerprint density at radius 3 is 2.17 bits per heavy atom. The highest BCUT2D eigenvalue weighted by atomic mass is 19.4. The van der Waals surface area contributed by atoms with Crippen molar-refractivity contribution in [1.82, 2.24) is 4.90 Å². The van der Waals surface area contributed by atoms with E-state index >= 15 is 0 Å². The average molecular weight is 270 g/mol. The van der Waals surface area contributed by atoms with Crippen LogP contribution in [0.25, 0.3) is 0 Å². The average Bonchev–Trinajstić information content (AvgIpc) is 2.12. The number of rotatable bonds is 6. The van der Waals surface area contributed by atoms with Crippen LogP contribution in [0.1, 0.15) is 26.7 Å². The van der Waals surface area contributed by atoms with E-state index in [2.05, 4.69) is 0 Å². The molecule has 106 valence electrons. The van der Waals surface area contributed by atoms with Crippen molar-refractivity contribution >= 4 is 11.9 Å². The van der Waals surface area contributed by atoms with E-state index in [4.69, 9.17) is 10.8 Å². The molecule has 0 rings (SSSR count). The lowest BCUT2D eigenvalue weighted by Crippen LogP contribution is -2.56. The van der Waals surface area contributed by atoms with E-state index in [1.165, 1.54) is 6.92 Å². The summed E-state index contributed by atoms with van der Waals surface area (Å²) in [5.41, 5.74) is 4.12. The highest BCUT2D eigenvalue weighted by Crippen LogP contribution is 2.20. The first kappa shape index (κ1) is 16.7. The molecular formula is C10H17F3N2O3. The van der Waals surface area contributed by atoms with Gasteiger partial charge in [-0.2, -0.15) is 13.2 Å². The Kier molecular flexibility index (Phi) is 5.59. The highest BCUT2D eigenvalue weighted by Gasteiger charge is 2.39. The van der Waals surface area contributed by atoms with Crippen molar-refractivity contribution in [3.8, 4) is 0 Å². The summed E-state index contributed by atoms with van der Waals surface area (Å²) in [5, 5.41) is 8.52. The number of hydrogen-bond donors (Lipinski definition) is 2. The normalized spacial score (nSPS) is 15.0. The summed E-state index contributed by atoms with van der Waals surface area (Å²) in [4.78, 5) is 22.5. The molecule has 0 saturated carbocycles. The molecule has 1 atom stereocenters. The van der Waals surface area contributed by atoms with Crippen LogP contribution in [0.5, 0.6) is 0 Å². The number of amides is 1. The Morgan fingerprint density at radius 1 is 1.33 bits per heavy atom. The standard InChI is InChI=1S/C10H17F3N2O3/c1-3-4-9(2,14)8(18)15(5-7(16)17)6-10(11,12)13/h3-6,14H2,1-2H3,(H,16,17). The van der Waals surface area contributed by atoms with Crippen LogP contribution in [0.15, 0.2) is 0 Å². The summed E-state index contributed by atoms with van der Waals surface area (Å²) < 4.78 is 36.8. The molecule has 0 radical (unpaired) electrons. The summed E-state index contributed by atoms with van der Waals surface area (Å²) in [6, 6.07) is 0. The molecule has 0 aromatic rings. The second-order valence-electron chi connectivity index (χ2n) is 4.34. The Hall–Kier alpha value is -1.31. The topological polar surface area (TPSA) is 83.6 Å². The van der Waals surface area contributed by atoms with Gasteiger partial charge in [0, 0.05) is 0 Å². The molecule has 0 aromatic heterocycles. The number of nitrogens with zero attached hydrogens (tertiary/aromatic N) is 1. The van der Waals surface area contributed by atoms with Crippen LogP contribution in [0.3, 0.4) is 0 Å². The molecule has 1 unspecified atom stereocenters. The zero-order valence-corrected chi connectivity index (χ0v) is 10.3. The van der Waals surface area contributed by atoms with Crippen molar-refractivity contribution in [3.05, 3.63) is 0 Å². The van der Waals surface area contributed by atoms with Gasteiger partial charge in [-0.25, -0.2) is 0 Å². The fraction of sp³-hybridized carbons (Fsp3) is 0.800. The van der Waals surface area contributed by atoms with Crippen LogP contribution in [0, 0.1) is 0 Å². The van der Waals surface area contributed by atoms with E-state index in [0.717, 1.165) is 0 Å². The molecule has 1 amide bonds. The van der Waals surface area contributed by atoms with Gasteiger partial charge in [0.1, 0.15) is 13.1 Å². The van der Waals surface area contributed by atoms with Crippen LogP contribution < -0.4 is 5.73 Å². The third kappa shape index (κ3) is 5.85. The van der Waals surface area contributed by atoms with Gasteiger partial charge in [-0.05, 0) is 13.3 Å². The number of carboxylic acids is 1. The molecule has 0 bridgehead atoms. The van der Waals surface area contributed by atoms with Crippen LogP contribution in [0.2, 0.25) is 0 Å². The Labute approximate surface area is 103 Å². The number of hydrogen-bond acceptors (Lipinski definition) is 3. The summed E-state index contributed by atoms with van der Waals surface area (Å²) in [5.74, 6) is -2.52. The number of alkyl halides is 3. The molecule has 0 aliphatic rings. The molecule has 0 aromatic carbocycles. The number of nitrogens with two attached hydrogens (primary N) is 1. The largest absolute Gasteiger partial charge is 0.480 e. The lowest BCUT2D eigenvalue weighted by molar-refractivity contribution is -0.168. The second-order valence-corrected chi connectivity index (χ2v) is 4.34. The molecule has 5 nitrogen and oxygen atoms in total. The lowest BCUT2D eigenvalue weighted by atomic mass is 9.95. The van der Waals surface area contributed by atoms with Gasteiger partial charge in [-0.3, -0.25) is 9.59 Å². The predicted octanol–water partition coefficient (Wildman–Crippen LogP) is 0.979. The third-order valence-corrected chi connectivity index (χ3v) is 2.24. The minimum atomic E-state index is -4.66. The molecule has 8 heteroatoms. The van der Waals surface area contributed by atoms with Gasteiger partial charge >= 0.3 is 12.1 Å². The van der Waals surface area contributed by atoms with Gasteiger partial charge in [0.05, 0.1) is 5.54 Å². The molecule has 0 heterocycles. The Balaban J connectivity index is 4.95. The Morgan fingerprint density at radius 2 is 1.83 bits per heavy atom. The maximum atomic E-state index is 12.3. The van der Waals surface area contributed by atoms with Crippen LogP contribution >= 0.6 is 0 Å².